The van der Waals surface area contributed by atoms with Gasteiger partial charge in [-0.3, -0.25) is 4.79 Å². The summed E-state index contributed by atoms with van der Waals surface area (Å²) in [5.41, 5.74) is 1.28. The van der Waals surface area contributed by atoms with Crippen LogP contribution in [-0.4, -0.2) is 39.5 Å². The van der Waals surface area contributed by atoms with Gasteiger partial charge in [-0.25, -0.2) is 0 Å². The minimum atomic E-state index is -0.544. The third-order valence-electron chi connectivity index (χ3n) is 7.09. The van der Waals surface area contributed by atoms with Crippen molar-refractivity contribution < 1.29 is 23.7 Å². The van der Waals surface area contributed by atoms with Crippen LogP contribution in [0.1, 0.15) is 45.1 Å². The van der Waals surface area contributed by atoms with E-state index in [0.29, 0.717) is 25.0 Å². The summed E-state index contributed by atoms with van der Waals surface area (Å²) < 4.78 is 22.7. The van der Waals surface area contributed by atoms with Gasteiger partial charge in [0.05, 0.1) is 13.7 Å². The Morgan fingerprint density at radius 3 is 2.62 bits per heavy atom. The normalized spacial score (nSPS) is 29.8. The van der Waals surface area contributed by atoms with E-state index in [9.17, 15) is 4.79 Å². The van der Waals surface area contributed by atoms with Gasteiger partial charge < -0.3 is 18.9 Å². The maximum absolute atomic E-state index is 11.8. The largest absolute Gasteiger partial charge is 0.497 e. The maximum Gasteiger partial charge on any atom is 0.148 e. The number of hydrogen-bond donors (Lipinski definition) is 0. The second kappa shape index (κ2) is 9.41. The van der Waals surface area contributed by atoms with Crippen molar-refractivity contribution in [3.05, 3.63) is 41.5 Å². The molecule has 2 aliphatic rings. The Kier molecular flexibility index (Phi) is 7.14. The van der Waals surface area contributed by atoms with Crippen molar-refractivity contribution in [3.8, 4) is 5.75 Å². The molecule has 0 saturated heterocycles. The van der Waals surface area contributed by atoms with E-state index < -0.39 is 5.60 Å². The van der Waals surface area contributed by atoms with Gasteiger partial charge >= 0.3 is 0 Å². The SMILES string of the molecule is COCO[C@]12CC[C@H]([C@H](C)COCc3ccc(OC)cc3)[C@@]1(C)CCC=C2C=O. The second-order valence-corrected chi connectivity index (χ2v) is 8.60. The van der Waals surface area contributed by atoms with Gasteiger partial charge in [0, 0.05) is 24.7 Å². The van der Waals surface area contributed by atoms with Gasteiger partial charge in [-0.05, 0) is 55.2 Å². The van der Waals surface area contributed by atoms with Gasteiger partial charge in [0.15, 0.2) is 0 Å². The number of carbonyl (C=O) groups excluding carboxylic acids is 1. The fourth-order valence-corrected chi connectivity index (χ4v) is 5.55. The Bertz CT molecular complexity index is 712. The fourth-order valence-electron chi connectivity index (χ4n) is 5.55. The molecule has 0 unspecified atom stereocenters. The molecule has 0 radical (unpaired) electrons. The van der Waals surface area contributed by atoms with Gasteiger partial charge in [-0.15, -0.1) is 0 Å². The Morgan fingerprint density at radius 2 is 1.97 bits per heavy atom. The maximum atomic E-state index is 11.8. The topological polar surface area (TPSA) is 54.0 Å². The molecular formula is C24H34O5. The zero-order chi connectivity index (χ0) is 20.9. The minimum absolute atomic E-state index is 0.0978. The van der Waals surface area contributed by atoms with Crippen LogP contribution >= 0.6 is 0 Å². The van der Waals surface area contributed by atoms with Crippen LogP contribution in [0.4, 0.5) is 0 Å². The molecule has 0 amide bonds. The van der Waals surface area contributed by atoms with Gasteiger partial charge in [0.2, 0.25) is 0 Å². The van der Waals surface area contributed by atoms with Crippen LogP contribution in [0.5, 0.6) is 5.75 Å². The molecular weight excluding hydrogens is 368 g/mol. The summed E-state index contributed by atoms with van der Waals surface area (Å²) in [6, 6.07) is 7.98. The molecule has 0 heterocycles. The average Bonchev–Trinajstić information content (AvgIpc) is 3.05. The molecule has 5 nitrogen and oxygen atoms in total. The Hall–Kier alpha value is -1.69. The van der Waals surface area contributed by atoms with E-state index in [-0.39, 0.29) is 12.2 Å². The molecule has 0 bridgehead atoms. The Morgan fingerprint density at radius 1 is 1.21 bits per heavy atom. The summed E-state index contributed by atoms with van der Waals surface area (Å²) in [7, 11) is 3.30. The highest BCUT2D eigenvalue weighted by Gasteiger charge is 2.61. The highest BCUT2D eigenvalue weighted by molar-refractivity contribution is 5.77. The van der Waals surface area contributed by atoms with Crippen LogP contribution in [0, 0.1) is 17.3 Å². The van der Waals surface area contributed by atoms with E-state index in [2.05, 4.69) is 19.9 Å². The molecule has 0 spiro atoms. The number of fused-ring (bicyclic) bond motifs is 1. The monoisotopic (exact) mass is 402 g/mol. The van der Waals surface area contributed by atoms with E-state index in [4.69, 9.17) is 18.9 Å². The van der Waals surface area contributed by atoms with E-state index in [1.807, 2.05) is 24.3 Å². The molecule has 1 saturated carbocycles. The summed E-state index contributed by atoms with van der Waals surface area (Å²) in [6.07, 6.45) is 6.85. The highest BCUT2D eigenvalue weighted by atomic mass is 16.7. The first kappa shape index (κ1) is 22.0. The van der Waals surface area contributed by atoms with Gasteiger partial charge in [0.25, 0.3) is 0 Å². The molecule has 29 heavy (non-hydrogen) atoms. The van der Waals surface area contributed by atoms with Crippen LogP contribution in [0.15, 0.2) is 35.9 Å². The third-order valence-corrected chi connectivity index (χ3v) is 7.09. The zero-order valence-corrected chi connectivity index (χ0v) is 18.1. The van der Waals surface area contributed by atoms with Crippen LogP contribution in [-0.2, 0) is 25.6 Å². The molecule has 5 heteroatoms. The van der Waals surface area contributed by atoms with Crippen molar-refractivity contribution >= 4 is 6.29 Å². The molecule has 0 aliphatic heterocycles. The number of aldehydes is 1. The van der Waals surface area contributed by atoms with Crippen molar-refractivity contribution in [2.45, 2.75) is 51.7 Å². The van der Waals surface area contributed by atoms with Crippen LogP contribution in [0.2, 0.25) is 0 Å². The molecule has 3 rings (SSSR count). The van der Waals surface area contributed by atoms with Crippen LogP contribution < -0.4 is 4.74 Å². The number of benzene rings is 1. The Balaban J connectivity index is 1.66. The lowest BCUT2D eigenvalue weighted by Crippen LogP contribution is -2.52. The lowest BCUT2D eigenvalue weighted by molar-refractivity contribution is -0.170. The molecule has 1 fully saturated rings. The first-order valence-electron chi connectivity index (χ1n) is 10.5. The molecule has 1 aromatic carbocycles. The number of allylic oxidation sites excluding steroid dienone is 1. The van der Waals surface area contributed by atoms with E-state index in [1.165, 1.54) is 0 Å². The first-order chi connectivity index (χ1) is 14.0. The number of rotatable bonds is 10. The predicted molar refractivity (Wildman–Crippen MR) is 112 cm³/mol. The Labute approximate surface area is 174 Å². The molecule has 160 valence electrons. The van der Waals surface area contributed by atoms with Crippen molar-refractivity contribution in [2.75, 3.05) is 27.6 Å². The molecule has 1 aromatic rings. The molecule has 2 aliphatic carbocycles. The van der Waals surface area contributed by atoms with Gasteiger partial charge in [-0.2, -0.15) is 0 Å². The van der Waals surface area contributed by atoms with Gasteiger partial charge in [0.1, 0.15) is 24.4 Å². The summed E-state index contributed by atoms with van der Waals surface area (Å²) in [6.45, 7) is 6.03. The summed E-state index contributed by atoms with van der Waals surface area (Å²) in [4.78, 5) is 11.8. The smallest absolute Gasteiger partial charge is 0.148 e. The van der Waals surface area contributed by atoms with E-state index in [0.717, 1.165) is 48.9 Å². The molecule has 0 N–H and O–H groups in total. The summed E-state index contributed by atoms with van der Waals surface area (Å²) in [5, 5.41) is 0. The fraction of sp³-hybridized carbons (Fsp3) is 0.625. The highest BCUT2D eigenvalue weighted by Crippen LogP contribution is 2.61. The third kappa shape index (κ3) is 4.14. The average molecular weight is 403 g/mol. The standard InChI is InChI=1S/C24H34O5/c1-18(15-28-16-19-7-9-21(27-4)10-8-19)22-11-13-24(29-17-26-3)20(14-25)6-5-12-23(22,24)2/h6-10,14,18,22H,5,11-13,15-17H2,1-4H3/t18-,22-,23-,24+/m1/s1. The predicted octanol–water partition coefficient (Wildman–Crippen LogP) is 4.54. The lowest BCUT2D eigenvalue weighted by Gasteiger charge is -2.50. The van der Waals surface area contributed by atoms with E-state index >= 15 is 0 Å². The number of hydrogen-bond acceptors (Lipinski definition) is 5. The number of carbonyl (C=O) groups is 1. The molecule has 4 atom stereocenters. The number of ether oxygens (including phenoxy) is 4. The zero-order valence-electron chi connectivity index (χ0n) is 18.1. The quantitative estimate of drug-likeness (QED) is 0.425. The lowest BCUT2D eigenvalue weighted by atomic mass is 9.60. The van der Waals surface area contributed by atoms with Crippen molar-refractivity contribution in [2.24, 2.45) is 17.3 Å². The van der Waals surface area contributed by atoms with Crippen molar-refractivity contribution in [3.63, 3.8) is 0 Å². The summed E-state index contributed by atoms with van der Waals surface area (Å²) in [5.74, 6) is 1.65. The van der Waals surface area contributed by atoms with Crippen molar-refractivity contribution in [1.29, 1.82) is 0 Å². The van der Waals surface area contributed by atoms with Crippen molar-refractivity contribution in [1.82, 2.24) is 0 Å². The van der Waals surface area contributed by atoms with Crippen LogP contribution in [0.3, 0.4) is 0 Å². The summed E-state index contributed by atoms with van der Waals surface area (Å²) >= 11 is 0. The second-order valence-electron chi connectivity index (χ2n) is 8.60. The minimum Gasteiger partial charge on any atom is -0.497 e. The van der Waals surface area contributed by atoms with Gasteiger partial charge in [-0.1, -0.05) is 32.1 Å². The van der Waals surface area contributed by atoms with E-state index in [1.54, 1.807) is 14.2 Å². The van der Waals surface area contributed by atoms with Crippen LogP contribution in [0.25, 0.3) is 0 Å². The first-order valence-corrected chi connectivity index (χ1v) is 10.5. The number of methoxy groups -OCH3 is 2. The molecule has 0 aromatic heterocycles.